The van der Waals surface area contributed by atoms with Crippen LogP contribution in [-0.4, -0.2) is 17.1 Å². The van der Waals surface area contributed by atoms with Gasteiger partial charge in [0.1, 0.15) is 17.8 Å². The molecule has 0 radical (unpaired) electrons. The average Bonchev–Trinajstić information content (AvgIpc) is 2.35. The fourth-order valence-corrected chi connectivity index (χ4v) is 1.87. The van der Waals surface area contributed by atoms with Crippen LogP contribution in [0.1, 0.15) is 0 Å². The molecule has 0 saturated carbocycles. The molecule has 0 spiro atoms. The monoisotopic (exact) mass is 328 g/mol. The van der Waals surface area contributed by atoms with Crippen molar-refractivity contribution in [3.8, 4) is 5.75 Å². The molecule has 5 nitrogen and oxygen atoms in total. The molecule has 1 heterocycles. The van der Waals surface area contributed by atoms with E-state index < -0.39 is 0 Å². The van der Waals surface area contributed by atoms with E-state index in [-0.39, 0.29) is 5.15 Å². The Bertz CT molecular complexity index is 579. The standard InChI is InChI=1S/C11H10BrClN4O/c1-18-8-3-2-6(12)4-7(8)17-11-9(14)10(13)15-5-16-11/h2-5H,14H2,1H3,(H,15,16,17). The highest BCUT2D eigenvalue weighted by molar-refractivity contribution is 9.10. The summed E-state index contributed by atoms with van der Waals surface area (Å²) >= 11 is 9.21. The number of nitrogen functional groups attached to an aromatic ring is 1. The minimum absolute atomic E-state index is 0.210. The Morgan fingerprint density at radius 2 is 2.17 bits per heavy atom. The lowest BCUT2D eigenvalue weighted by Gasteiger charge is -2.12. The molecule has 0 atom stereocenters. The molecule has 0 aliphatic heterocycles. The average molecular weight is 330 g/mol. The number of nitrogens with zero attached hydrogens (tertiary/aromatic N) is 2. The number of methoxy groups -OCH3 is 1. The summed E-state index contributed by atoms with van der Waals surface area (Å²) in [7, 11) is 1.59. The maximum absolute atomic E-state index is 5.83. The molecule has 1 aromatic heterocycles. The molecule has 0 unspecified atom stereocenters. The van der Waals surface area contributed by atoms with Gasteiger partial charge in [-0.25, -0.2) is 9.97 Å². The van der Waals surface area contributed by atoms with E-state index in [4.69, 9.17) is 22.1 Å². The first kappa shape index (κ1) is 12.9. The lowest BCUT2D eigenvalue weighted by molar-refractivity contribution is 0.416. The second-order valence-electron chi connectivity index (χ2n) is 3.40. The van der Waals surface area contributed by atoms with Crippen molar-refractivity contribution in [3.05, 3.63) is 34.2 Å². The molecule has 7 heteroatoms. The van der Waals surface area contributed by atoms with Gasteiger partial charge in [0.25, 0.3) is 0 Å². The van der Waals surface area contributed by atoms with Crippen molar-refractivity contribution in [1.29, 1.82) is 0 Å². The number of nitrogens with two attached hydrogens (primary N) is 1. The van der Waals surface area contributed by atoms with Gasteiger partial charge in [-0.05, 0) is 18.2 Å². The van der Waals surface area contributed by atoms with E-state index in [1.54, 1.807) is 7.11 Å². The van der Waals surface area contributed by atoms with Crippen LogP contribution in [0, 0.1) is 0 Å². The molecule has 0 fully saturated rings. The van der Waals surface area contributed by atoms with Crippen LogP contribution < -0.4 is 15.8 Å². The van der Waals surface area contributed by atoms with E-state index in [9.17, 15) is 0 Å². The maximum atomic E-state index is 5.83. The van der Waals surface area contributed by atoms with Gasteiger partial charge in [-0.3, -0.25) is 0 Å². The first-order valence-electron chi connectivity index (χ1n) is 4.98. The largest absolute Gasteiger partial charge is 0.495 e. The molecule has 2 rings (SSSR count). The Hall–Kier alpha value is -1.53. The van der Waals surface area contributed by atoms with Crippen LogP contribution in [-0.2, 0) is 0 Å². The van der Waals surface area contributed by atoms with Gasteiger partial charge in [0.2, 0.25) is 0 Å². The number of halogens is 2. The maximum Gasteiger partial charge on any atom is 0.158 e. The van der Waals surface area contributed by atoms with Gasteiger partial charge in [-0.1, -0.05) is 27.5 Å². The number of ether oxygens (including phenoxy) is 1. The SMILES string of the molecule is COc1ccc(Br)cc1Nc1ncnc(Cl)c1N. The van der Waals surface area contributed by atoms with Crippen molar-refractivity contribution < 1.29 is 4.74 Å². The molecule has 3 N–H and O–H groups in total. The van der Waals surface area contributed by atoms with E-state index in [1.165, 1.54) is 6.33 Å². The van der Waals surface area contributed by atoms with Crippen LogP contribution in [0.2, 0.25) is 5.15 Å². The second kappa shape index (κ2) is 5.41. The lowest BCUT2D eigenvalue weighted by Crippen LogP contribution is -2.02. The van der Waals surface area contributed by atoms with Gasteiger partial charge in [0.15, 0.2) is 11.0 Å². The fraction of sp³-hybridized carbons (Fsp3) is 0.0909. The molecular weight excluding hydrogens is 320 g/mol. The van der Waals surface area contributed by atoms with Crippen molar-refractivity contribution in [3.63, 3.8) is 0 Å². The third-order valence-corrected chi connectivity index (χ3v) is 3.04. The summed E-state index contributed by atoms with van der Waals surface area (Å²) in [6, 6.07) is 5.56. The predicted octanol–water partition coefficient (Wildman–Crippen LogP) is 3.23. The quantitative estimate of drug-likeness (QED) is 0.846. The molecule has 2 aromatic rings. The smallest absolute Gasteiger partial charge is 0.158 e. The number of hydrogen-bond acceptors (Lipinski definition) is 5. The van der Waals surface area contributed by atoms with Gasteiger partial charge in [-0.15, -0.1) is 0 Å². The molecule has 0 bridgehead atoms. The summed E-state index contributed by atoms with van der Waals surface area (Å²) in [4.78, 5) is 7.83. The van der Waals surface area contributed by atoms with Crippen LogP contribution in [0.25, 0.3) is 0 Å². The summed E-state index contributed by atoms with van der Waals surface area (Å²) < 4.78 is 6.15. The highest BCUT2D eigenvalue weighted by Gasteiger charge is 2.09. The third kappa shape index (κ3) is 2.65. The zero-order valence-corrected chi connectivity index (χ0v) is 11.8. The van der Waals surface area contributed by atoms with Gasteiger partial charge < -0.3 is 15.8 Å². The highest BCUT2D eigenvalue weighted by atomic mass is 79.9. The van der Waals surface area contributed by atoms with Crippen molar-refractivity contribution in [2.75, 3.05) is 18.2 Å². The van der Waals surface area contributed by atoms with Crippen molar-refractivity contribution in [2.24, 2.45) is 0 Å². The van der Waals surface area contributed by atoms with E-state index in [0.717, 1.165) is 10.2 Å². The zero-order chi connectivity index (χ0) is 13.1. The molecule has 1 aromatic carbocycles. The first-order valence-corrected chi connectivity index (χ1v) is 6.15. The highest BCUT2D eigenvalue weighted by Crippen LogP contribution is 2.32. The zero-order valence-electron chi connectivity index (χ0n) is 9.45. The molecule has 0 saturated heterocycles. The summed E-state index contributed by atoms with van der Waals surface area (Å²) in [6.45, 7) is 0. The van der Waals surface area contributed by atoms with Gasteiger partial charge in [-0.2, -0.15) is 0 Å². The Balaban J connectivity index is 2.39. The third-order valence-electron chi connectivity index (χ3n) is 2.25. The van der Waals surface area contributed by atoms with Crippen LogP contribution in [0.3, 0.4) is 0 Å². The number of nitrogens with one attached hydrogen (secondary N) is 1. The van der Waals surface area contributed by atoms with Crippen LogP contribution in [0.4, 0.5) is 17.2 Å². The summed E-state index contributed by atoms with van der Waals surface area (Å²) in [5.74, 6) is 1.11. The van der Waals surface area contributed by atoms with E-state index in [1.807, 2.05) is 18.2 Å². The first-order chi connectivity index (χ1) is 8.61. The van der Waals surface area contributed by atoms with Gasteiger partial charge in [0, 0.05) is 4.47 Å². The van der Waals surface area contributed by atoms with Crippen molar-refractivity contribution in [2.45, 2.75) is 0 Å². The normalized spacial score (nSPS) is 10.2. The van der Waals surface area contributed by atoms with Crippen LogP contribution in [0.5, 0.6) is 5.75 Å². The number of benzene rings is 1. The van der Waals surface area contributed by atoms with Crippen molar-refractivity contribution in [1.82, 2.24) is 9.97 Å². The van der Waals surface area contributed by atoms with Crippen LogP contribution in [0.15, 0.2) is 29.0 Å². The van der Waals surface area contributed by atoms with Crippen molar-refractivity contribution >= 4 is 44.7 Å². The number of anilines is 3. The molecule has 94 valence electrons. The molecule has 0 aliphatic carbocycles. The lowest BCUT2D eigenvalue weighted by atomic mass is 10.3. The Morgan fingerprint density at radius 1 is 1.39 bits per heavy atom. The second-order valence-corrected chi connectivity index (χ2v) is 4.67. The minimum atomic E-state index is 0.210. The fourth-order valence-electron chi connectivity index (χ4n) is 1.38. The Kier molecular flexibility index (Phi) is 3.88. The van der Waals surface area contributed by atoms with E-state index >= 15 is 0 Å². The van der Waals surface area contributed by atoms with E-state index in [0.29, 0.717) is 17.3 Å². The Labute approximate surface area is 117 Å². The minimum Gasteiger partial charge on any atom is -0.495 e. The van der Waals surface area contributed by atoms with Gasteiger partial charge in [0.05, 0.1) is 12.8 Å². The number of rotatable bonds is 3. The summed E-state index contributed by atoms with van der Waals surface area (Å²) in [5, 5.41) is 3.27. The topological polar surface area (TPSA) is 73.1 Å². The van der Waals surface area contributed by atoms with E-state index in [2.05, 4.69) is 31.2 Å². The predicted molar refractivity (Wildman–Crippen MR) is 75.4 cm³/mol. The number of aromatic nitrogens is 2. The molecule has 0 amide bonds. The Morgan fingerprint density at radius 3 is 2.89 bits per heavy atom. The molecule has 18 heavy (non-hydrogen) atoms. The van der Waals surface area contributed by atoms with Crippen LogP contribution >= 0.6 is 27.5 Å². The molecular formula is C11H10BrClN4O. The molecule has 0 aliphatic rings. The summed E-state index contributed by atoms with van der Waals surface area (Å²) in [6.07, 6.45) is 1.34. The summed E-state index contributed by atoms with van der Waals surface area (Å²) in [5.41, 5.74) is 6.81. The number of hydrogen-bond donors (Lipinski definition) is 2. The van der Waals surface area contributed by atoms with Gasteiger partial charge >= 0.3 is 0 Å².